The van der Waals surface area contributed by atoms with E-state index < -0.39 is 0 Å². The summed E-state index contributed by atoms with van der Waals surface area (Å²) in [5.41, 5.74) is 0. The molecule has 1 heterocycles. The molecule has 0 aliphatic carbocycles. The van der Waals surface area contributed by atoms with Gasteiger partial charge in [0.1, 0.15) is 0 Å². The number of carbonyl (C=O) groups is 1. The highest BCUT2D eigenvalue weighted by Gasteiger charge is 2.22. The third-order valence-electron chi connectivity index (χ3n) is 1.93. The van der Waals surface area contributed by atoms with Crippen molar-refractivity contribution in [2.24, 2.45) is 5.92 Å². The lowest BCUT2D eigenvalue weighted by Crippen LogP contribution is -2.30. The van der Waals surface area contributed by atoms with Crippen LogP contribution in [0.1, 0.15) is 13.3 Å². The SMILES string of the molecule is C/C=C/CNC(=O)C1CCOC1. The Morgan fingerprint density at radius 3 is 3.17 bits per heavy atom. The fourth-order valence-electron chi connectivity index (χ4n) is 1.16. The fraction of sp³-hybridized carbons (Fsp3) is 0.667. The van der Waals surface area contributed by atoms with Gasteiger partial charge in [-0.05, 0) is 13.3 Å². The lowest BCUT2D eigenvalue weighted by Gasteiger charge is -2.06. The number of hydrogen-bond acceptors (Lipinski definition) is 2. The molecule has 1 unspecified atom stereocenters. The maximum absolute atomic E-state index is 11.3. The second-order valence-electron chi connectivity index (χ2n) is 2.87. The Morgan fingerprint density at radius 1 is 1.75 bits per heavy atom. The number of nitrogens with one attached hydrogen (secondary N) is 1. The number of allylic oxidation sites excluding steroid dienone is 1. The summed E-state index contributed by atoms with van der Waals surface area (Å²) in [6, 6.07) is 0. The van der Waals surface area contributed by atoms with Gasteiger partial charge in [-0.15, -0.1) is 0 Å². The third kappa shape index (κ3) is 2.66. The Labute approximate surface area is 72.8 Å². The molecule has 1 N–H and O–H groups in total. The van der Waals surface area contributed by atoms with Crippen molar-refractivity contribution in [3.63, 3.8) is 0 Å². The summed E-state index contributed by atoms with van der Waals surface area (Å²) >= 11 is 0. The minimum Gasteiger partial charge on any atom is -0.381 e. The van der Waals surface area contributed by atoms with Crippen molar-refractivity contribution in [3.05, 3.63) is 12.2 Å². The molecule has 0 radical (unpaired) electrons. The normalized spacial score (nSPS) is 23.2. The molecule has 3 nitrogen and oxygen atoms in total. The highest BCUT2D eigenvalue weighted by molar-refractivity contribution is 5.79. The van der Waals surface area contributed by atoms with Gasteiger partial charge in [-0.3, -0.25) is 4.79 Å². The maximum atomic E-state index is 11.3. The molecule has 0 bridgehead atoms. The zero-order valence-electron chi connectivity index (χ0n) is 7.38. The van der Waals surface area contributed by atoms with Crippen molar-refractivity contribution in [3.8, 4) is 0 Å². The van der Waals surface area contributed by atoms with Crippen molar-refractivity contribution in [2.45, 2.75) is 13.3 Å². The summed E-state index contributed by atoms with van der Waals surface area (Å²) in [6.45, 7) is 3.88. The fourth-order valence-corrected chi connectivity index (χ4v) is 1.16. The average Bonchev–Trinajstić information content (AvgIpc) is 2.56. The van der Waals surface area contributed by atoms with E-state index in [2.05, 4.69) is 5.32 Å². The maximum Gasteiger partial charge on any atom is 0.225 e. The highest BCUT2D eigenvalue weighted by atomic mass is 16.5. The predicted molar refractivity (Wildman–Crippen MR) is 46.7 cm³/mol. The minimum absolute atomic E-state index is 0.0789. The van der Waals surface area contributed by atoms with Crippen molar-refractivity contribution < 1.29 is 9.53 Å². The molecule has 0 aromatic rings. The molecule has 1 aliphatic heterocycles. The summed E-state index contributed by atoms with van der Waals surface area (Å²) in [6.07, 6.45) is 4.71. The molecule has 3 heteroatoms. The Kier molecular flexibility index (Phi) is 3.80. The van der Waals surface area contributed by atoms with Crippen LogP contribution >= 0.6 is 0 Å². The van der Waals surface area contributed by atoms with Gasteiger partial charge < -0.3 is 10.1 Å². The second kappa shape index (κ2) is 4.93. The Balaban J connectivity index is 2.18. The number of ether oxygens (including phenoxy) is 1. The number of amides is 1. The van der Waals surface area contributed by atoms with Crippen molar-refractivity contribution in [1.29, 1.82) is 0 Å². The Hall–Kier alpha value is -0.830. The molecule has 1 saturated heterocycles. The molecule has 1 aliphatic rings. The van der Waals surface area contributed by atoms with Crippen LogP contribution in [0.4, 0.5) is 0 Å². The lowest BCUT2D eigenvalue weighted by molar-refractivity contribution is -0.124. The van der Waals surface area contributed by atoms with Gasteiger partial charge in [0.2, 0.25) is 5.91 Å². The monoisotopic (exact) mass is 169 g/mol. The molecule has 1 atom stereocenters. The van der Waals surface area contributed by atoms with E-state index in [1.165, 1.54) is 0 Å². The van der Waals surface area contributed by atoms with Crippen molar-refractivity contribution in [1.82, 2.24) is 5.32 Å². The first-order valence-corrected chi connectivity index (χ1v) is 4.31. The molecule has 0 aromatic carbocycles. The van der Waals surface area contributed by atoms with E-state index in [4.69, 9.17) is 4.74 Å². The van der Waals surface area contributed by atoms with Crippen LogP contribution in [-0.2, 0) is 9.53 Å². The standard InChI is InChI=1S/C9H15NO2/c1-2-3-5-10-9(11)8-4-6-12-7-8/h2-3,8H,4-7H2,1H3,(H,10,11)/b3-2+. The largest absolute Gasteiger partial charge is 0.381 e. The van der Waals surface area contributed by atoms with Crippen LogP contribution in [0.15, 0.2) is 12.2 Å². The number of carbonyl (C=O) groups excluding carboxylic acids is 1. The summed E-state index contributed by atoms with van der Waals surface area (Å²) in [5.74, 6) is 0.195. The lowest BCUT2D eigenvalue weighted by atomic mass is 10.1. The van der Waals surface area contributed by atoms with Gasteiger partial charge in [-0.1, -0.05) is 12.2 Å². The third-order valence-corrected chi connectivity index (χ3v) is 1.93. The van der Waals surface area contributed by atoms with E-state index in [-0.39, 0.29) is 11.8 Å². The van der Waals surface area contributed by atoms with E-state index in [1.54, 1.807) is 0 Å². The van der Waals surface area contributed by atoms with Crippen LogP contribution in [0.25, 0.3) is 0 Å². The number of hydrogen-bond donors (Lipinski definition) is 1. The summed E-state index contributed by atoms with van der Waals surface area (Å²) in [5, 5.41) is 2.82. The van der Waals surface area contributed by atoms with E-state index in [1.807, 2.05) is 19.1 Å². The first-order valence-electron chi connectivity index (χ1n) is 4.31. The molecule has 12 heavy (non-hydrogen) atoms. The van der Waals surface area contributed by atoms with Crippen molar-refractivity contribution in [2.75, 3.05) is 19.8 Å². The zero-order valence-corrected chi connectivity index (χ0v) is 7.38. The first kappa shape index (κ1) is 9.26. The minimum atomic E-state index is 0.0789. The molecule has 0 saturated carbocycles. The van der Waals surface area contributed by atoms with Gasteiger partial charge in [-0.2, -0.15) is 0 Å². The van der Waals surface area contributed by atoms with Crippen molar-refractivity contribution >= 4 is 5.91 Å². The molecule has 68 valence electrons. The van der Waals surface area contributed by atoms with Gasteiger partial charge in [0.15, 0.2) is 0 Å². The van der Waals surface area contributed by atoms with E-state index in [9.17, 15) is 4.79 Å². The number of rotatable bonds is 3. The van der Waals surface area contributed by atoms with Gasteiger partial charge >= 0.3 is 0 Å². The van der Waals surface area contributed by atoms with Crippen LogP contribution < -0.4 is 5.32 Å². The summed E-state index contributed by atoms with van der Waals surface area (Å²) in [4.78, 5) is 11.3. The molecule has 1 fully saturated rings. The van der Waals surface area contributed by atoms with Gasteiger partial charge in [0, 0.05) is 13.2 Å². The molecule has 0 aromatic heterocycles. The van der Waals surface area contributed by atoms with Gasteiger partial charge in [0.25, 0.3) is 0 Å². The van der Waals surface area contributed by atoms with Crippen LogP contribution in [-0.4, -0.2) is 25.7 Å². The Bertz CT molecular complexity index is 171. The summed E-state index contributed by atoms with van der Waals surface area (Å²) in [7, 11) is 0. The molecular weight excluding hydrogens is 154 g/mol. The topological polar surface area (TPSA) is 38.3 Å². The molecule has 0 spiro atoms. The second-order valence-corrected chi connectivity index (χ2v) is 2.87. The highest BCUT2D eigenvalue weighted by Crippen LogP contribution is 2.11. The predicted octanol–water partition coefficient (Wildman–Crippen LogP) is 0.715. The van der Waals surface area contributed by atoms with E-state index in [0.29, 0.717) is 13.2 Å². The van der Waals surface area contributed by atoms with Crippen LogP contribution in [0.3, 0.4) is 0 Å². The van der Waals surface area contributed by atoms with E-state index >= 15 is 0 Å². The smallest absolute Gasteiger partial charge is 0.225 e. The zero-order chi connectivity index (χ0) is 8.81. The quantitative estimate of drug-likeness (QED) is 0.632. The summed E-state index contributed by atoms with van der Waals surface area (Å²) < 4.78 is 5.11. The Morgan fingerprint density at radius 2 is 2.58 bits per heavy atom. The van der Waals surface area contributed by atoms with Gasteiger partial charge in [0.05, 0.1) is 12.5 Å². The first-order chi connectivity index (χ1) is 5.84. The van der Waals surface area contributed by atoms with Crippen LogP contribution in [0.2, 0.25) is 0 Å². The average molecular weight is 169 g/mol. The molecule has 1 amide bonds. The molecule has 1 rings (SSSR count). The van der Waals surface area contributed by atoms with Crippen LogP contribution in [0.5, 0.6) is 0 Å². The molecular formula is C9H15NO2. The van der Waals surface area contributed by atoms with Gasteiger partial charge in [-0.25, -0.2) is 0 Å². The van der Waals surface area contributed by atoms with Crippen LogP contribution in [0, 0.1) is 5.92 Å². The van der Waals surface area contributed by atoms with E-state index in [0.717, 1.165) is 13.0 Å².